The van der Waals surface area contributed by atoms with Crippen LogP contribution in [0.5, 0.6) is 5.75 Å². The first-order valence-electron chi connectivity index (χ1n) is 5.82. The lowest BCUT2D eigenvalue weighted by molar-refractivity contribution is 0.349. The van der Waals surface area contributed by atoms with Crippen LogP contribution in [0.3, 0.4) is 0 Å². The van der Waals surface area contributed by atoms with E-state index in [0.29, 0.717) is 5.41 Å². The summed E-state index contributed by atoms with van der Waals surface area (Å²) >= 11 is 0. The van der Waals surface area contributed by atoms with Crippen molar-refractivity contribution in [2.75, 3.05) is 7.11 Å². The summed E-state index contributed by atoms with van der Waals surface area (Å²) in [6.45, 7) is 6.73. The molecule has 0 amide bonds. The Kier molecular flexibility index (Phi) is 4.36. The van der Waals surface area contributed by atoms with Gasteiger partial charge in [0.2, 0.25) is 0 Å². The molecular weight excluding hydrogens is 198 g/mol. The van der Waals surface area contributed by atoms with Crippen LogP contribution in [0.4, 0.5) is 0 Å². The van der Waals surface area contributed by atoms with Crippen LogP contribution >= 0.6 is 0 Å². The van der Waals surface area contributed by atoms with Gasteiger partial charge in [0.15, 0.2) is 0 Å². The number of nitrogens with two attached hydrogens (primary N) is 1. The zero-order chi connectivity index (χ0) is 12.2. The Labute approximate surface area is 98.8 Å². The van der Waals surface area contributed by atoms with Gasteiger partial charge in [0.05, 0.1) is 7.11 Å². The highest BCUT2D eigenvalue weighted by Gasteiger charge is 2.13. The molecule has 90 valence electrons. The lowest BCUT2D eigenvalue weighted by Crippen LogP contribution is -2.14. The third kappa shape index (κ3) is 4.23. The molecule has 1 rings (SSSR count). The number of hydrogen-bond donors (Lipinski definition) is 1. The summed E-state index contributed by atoms with van der Waals surface area (Å²) in [7, 11) is 1.68. The van der Waals surface area contributed by atoms with Crippen LogP contribution in [0.25, 0.3) is 0 Å². The van der Waals surface area contributed by atoms with Crippen LogP contribution in [-0.4, -0.2) is 7.11 Å². The molecule has 0 aliphatic carbocycles. The van der Waals surface area contributed by atoms with Crippen LogP contribution in [0.2, 0.25) is 0 Å². The average molecular weight is 221 g/mol. The highest BCUT2D eigenvalue weighted by Crippen LogP contribution is 2.26. The van der Waals surface area contributed by atoms with E-state index in [-0.39, 0.29) is 6.04 Å². The minimum atomic E-state index is 0.130. The van der Waals surface area contributed by atoms with Crippen LogP contribution in [0, 0.1) is 5.41 Å². The van der Waals surface area contributed by atoms with Gasteiger partial charge in [-0.05, 0) is 36.0 Å². The second-order valence-electron chi connectivity index (χ2n) is 5.48. The molecule has 0 aliphatic heterocycles. The van der Waals surface area contributed by atoms with E-state index in [9.17, 15) is 0 Å². The molecule has 2 nitrogen and oxygen atoms in total. The molecule has 0 saturated heterocycles. The van der Waals surface area contributed by atoms with Crippen LogP contribution < -0.4 is 10.5 Å². The Hall–Kier alpha value is -1.02. The third-order valence-corrected chi connectivity index (χ3v) is 2.75. The lowest BCUT2D eigenvalue weighted by atomic mass is 9.87. The summed E-state index contributed by atoms with van der Waals surface area (Å²) < 4.78 is 5.12. The zero-order valence-corrected chi connectivity index (χ0v) is 10.8. The summed E-state index contributed by atoms with van der Waals surface area (Å²) in [5, 5.41) is 0. The predicted octanol–water partition coefficient (Wildman–Crippen LogP) is 3.52. The molecule has 0 aliphatic rings. The second-order valence-corrected chi connectivity index (χ2v) is 5.48. The lowest BCUT2D eigenvalue weighted by Gasteiger charge is -2.21. The molecule has 2 heteroatoms. The van der Waals surface area contributed by atoms with Crippen molar-refractivity contribution in [2.24, 2.45) is 11.1 Å². The van der Waals surface area contributed by atoms with Crippen molar-refractivity contribution in [1.82, 2.24) is 0 Å². The van der Waals surface area contributed by atoms with Gasteiger partial charge in [-0.15, -0.1) is 0 Å². The largest absolute Gasteiger partial charge is 0.497 e. The number of benzene rings is 1. The number of rotatable bonds is 4. The van der Waals surface area contributed by atoms with Crippen molar-refractivity contribution in [3.63, 3.8) is 0 Å². The third-order valence-electron chi connectivity index (χ3n) is 2.75. The average Bonchev–Trinajstić information content (AvgIpc) is 2.25. The fraction of sp³-hybridized carbons (Fsp3) is 0.571. The number of methoxy groups -OCH3 is 1. The van der Waals surface area contributed by atoms with E-state index in [1.165, 1.54) is 5.56 Å². The summed E-state index contributed by atoms with van der Waals surface area (Å²) in [6, 6.07) is 8.15. The Morgan fingerprint density at radius 2 is 1.75 bits per heavy atom. The summed E-state index contributed by atoms with van der Waals surface area (Å²) in [5.41, 5.74) is 7.69. The Morgan fingerprint density at radius 3 is 2.19 bits per heavy atom. The predicted molar refractivity (Wildman–Crippen MR) is 68.6 cm³/mol. The molecule has 1 aromatic carbocycles. The van der Waals surface area contributed by atoms with Gasteiger partial charge in [-0.2, -0.15) is 0 Å². The van der Waals surface area contributed by atoms with Crippen molar-refractivity contribution in [3.05, 3.63) is 29.8 Å². The zero-order valence-electron chi connectivity index (χ0n) is 10.8. The van der Waals surface area contributed by atoms with Gasteiger partial charge in [-0.25, -0.2) is 0 Å². The normalized spacial score (nSPS) is 13.6. The molecule has 0 saturated carbocycles. The number of ether oxygens (including phenoxy) is 1. The second kappa shape index (κ2) is 5.35. The Bertz CT molecular complexity index is 311. The van der Waals surface area contributed by atoms with Gasteiger partial charge in [-0.3, -0.25) is 0 Å². The van der Waals surface area contributed by atoms with Gasteiger partial charge in [0, 0.05) is 6.04 Å². The summed E-state index contributed by atoms with van der Waals surface area (Å²) in [6.07, 6.45) is 2.16. The van der Waals surface area contributed by atoms with E-state index >= 15 is 0 Å². The first-order valence-corrected chi connectivity index (χ1v) is 5.82. The molecule has 1 aromatic rings. The molecule has 0 heterocycles. The molecule has 16 heavy (non-hydrogen) atoms. The molecule has 0 radical (unpaired) electrons. The van der Waals surface area contributed by atoms with Crippen molar-refractivity contribution in [1.29, 1.82) is 0 Å². The van der Waals surface area contributed by atoms with Crippen molar-refractivity contribution < 1.29 is 4.74 Å². The Morgan fingerprint density at radius 1 is 1.19 bits per heavy atom. The van der Waals surface area contributed by atoms with E-state index in [2.05, 4.69) is 20.8 Å². The highest BCUT2D eigenvalue weighted by molar-refractivity contribution is 5.28. The fourth-order valence-corrected chi connectivity index (χ4v) is 1.61. The molecule has 0 spiro atoms. The molecule has 2 N–H and O–H groups in total. The summed E-state index contributed by atoms with van der Waals surface area (Å²) in [5.74, 6) is 0.881. The van der Waals surface area contributed by atoms with Crippen molar-refractivity contribution in [3.8, 4) is 5.75 Å². The molecule has 0 bridgehead atoms. The van der Waals surface area contributed by atoms with Gasteiger partial charge in [0.25, 0.3) is 0 Å². The first kappa shape index (κ1) is 13.0. The highest BCUT2D eigenvalue weighted by atomic mass is 16.5. The van der Waals surface area contributed by atoms with Gasteiger partial charge in [0.1, 0.15) is 5.75 Å². The monoisotopic (exact) mass is 221 g/mol. The molecule has 0 fully saturated rings. The van der Waals surface area contributed by atoms with Crippen LogP contribution in [0.15, 0.2) is 24.3 Å². The number of hydrogen-bond acceptors (Lipinski definition) is 2. The molecular formula is C14H23NO. The maximum atomic E-state index is 6.15. The van der Waals surface area contributed by atoms with E-state index in [4.69, 9.17) is 10.5 Å². The van der Waals surface area contributed by atoms with Crippen LogP contribution in [-0.2, 0) is 0 Å². The van der Waals surface area contributed by atoms with Crippen molar-refractivity contribution >= 4 is 0 Å². The van der Waals surface area contributed by atoms with Crippen LogP contribution in [0.1, 0.15) is 45.2 Å². The fourth-order valence-electron chi connectivity index (χ4n) is 1.61. The van der Waals surface area contributed by atoms with Gasteiger partial charge < -0.3 is 10.5 Å². The first-order chi connectivity index (χ1) is 7.42. The SMILES string of the molecule is COc1ccc(C(N)CCC(C)(C)C)cc1. The van der Waals surface area contributed by atoms with Gasteiger partial charge >= 0.3 is 0 Å². The standard InChI is InChI=1S/C14H23NO/c1-14(2,3)10-9-13(15)11-5-7-12(16-4)8-6-11/h5-8,13H,9-10,15H2,1-4H3. The maximum Gasteiger partial charge on any atom is 0.118 e. The smallest absolute Gasteiger partial charge is 0.118 e. The Balaban J connectivity index is 2.56. The molecule has 1 atom stereocenters. The molecule has 0 aromatic heterocycles. The molecule has 1 unspecified atom stereocenters. The van der Waals surface area contributed by atoms with E-state index in [0.717, 1.165) is 18.6 Å². The quantitative estimate of drug-likeness (QED) is 0.844. The topological polar surface area (TPSA) is 35.2 Å². The maximum absolute atomic E-state index is 6.15. The minimum Gasteiger partial charge on any atom is -0.497 e. The van der Waals surface area contributed by atoms with Crippen molar-refractivity contribution in [2.45, 2.75) is 39.7 Å². The van der Waals surface area contributed by atoms with E-state index in [1.807, 2.05) is 24.3 Å². The van der Waals surface area contributed by atoms with Gasteiger partial charge in [-0.1, -0.05) is 32.9 Å². The van der Waals surface area contributed by atoms with E-state index in [1.54, 1.807) is 7.11 Å². The van der Waals surface area contributed by atoms with E-state index < -0.39 is 0 Å². The minimum absolute atomic E-state index is 0.130. The summed E-state index contributed by atoms with van der Waals surface area (Å²) in [4.78, 5) is 0.